The molecule has 0 atom stereocenters. The lowest BCUT2D eigenvalue weighted by atomic mass is 9.94. The monoisotopic (exact) mass is 430 g/mol. The summed E-state index contributed by atoms with van der Waals surface area (Å²) in [6.07, 6.45) is 0. The number of anilines is 1. The second kappa shape index (κ2) is 8.05. The Morgan fingerprint density at radius 3 is 1.94 bits per heavy atom. The molecule has 0 aromatic heterocycles. The zero-order valence-electron chi connectivity index (χ0n) is 17.4. The minimum absolute atomic E-state index is 0.0838. The number of hydrogen-bond acceptors (Lipinski definition) is 6. The van der Waals surface area contributed by atoms with E-state index >= 15 is 0 Å². The molecule has 0 aliphatic carbocycles. The Labute approximate surface area is 184 Å². The number of nitrogens with zero attached hydrogens (tertiary/aromatic N) is 4. The highest BCUT2D eigenvalue weighted by Gasteiger charge is 2.32. The highest BCUT2D eigenvalue weighted by Crippen LogP contribution is 2.30. The van der Waals surface area contributed by atoms with Crippen LogP contribution in [0.5, 0.6) is 0 Å². The molecule has 0 radical (unpaired) electrons. The van der Waals surface area contributed by atoms with Crippen LogP contribution in [0.15, 0.2) is 60.7 Å². The Hall–Kier alpha value is -3.78. The zero-order valence-corrected chi connectivity index (χ0v) is 17.4. The van der Waals surface area contributed by atoms with Gasteiger partial charge in [-0.15, -0.1) is 0 Å². The lowest BCUT2D eigenvalue weighted by molar-refractivity contribution is -0.384. The van der Waals surface area contributed by atoms with Gasteiger partial charge in [-0.2, -0.15) is 0 Å². The molecule has 0 N–H and O–H groups in total. The van der Waals surface area contributed by atoms with Crippen LogP contribution in [0.25, 0.3) is 10.8 Å². The topological polar surface area (TPSA) is 87.0 Å². The summed E-state index contributed by atoms with van der Waals surface area (Å²) in [6, 6.07) is 17.7. The van der Waals surface area contributed by atoms with Crippen LogP contribution in [0, 0.1) is 10.1 Å². The maximum absolute atomic E-state index is 13.0. The van der Waals surface area contributed by atoms with Crippen LogP contribution in [0.4, 0.5) is 11.4 Å². The fraction of sp³-hybridized carbons (Fsp3) is 0.250. The summed E-state index contributed by atoms with van der Waals surface area (Å²) in [5.41, 5.74) is 2.21. The van der Waals surface area contributed by atoms with E-state index < -0.39 is 4.92 Å². The Bertz CT molecular complexity index is 1170. The first kappa shape index (κ1) is 20.1. The van der Waals surface area contributed by atoms with E-state index in [1.807, 2.05) is 24.3 Å². The van der Waals surface area contributed by atoms with E-state index in [1.165, 1.54) is 17.0 Å². The SMILES string of the molecule is O=C1c2cccc3cccc(c23)C(=O)N1CCN1CCN(c2ccc([N+](=O)[O-])cc2)CC1. The fourth-order valence-electron chi connectivity index (χ4n) is 4.54. The first-order chi connectivity index (χ1) is 15.5. The van der Waals surface area contributed by atoms with Gasteiger partial charge in [-0.1, -0.05) is 24.3 Å². The number of piperazine rings is 1. The molecule has 5 rings (SSSR count). The molecule has 2 amide bonds. The fourth-order valence-corrected chi connectivity index (χ4v) is 4.54. The predicted molar refractivity (Wildman–Crippen MR) is 121 cm³/mol. The molecule has 32 heavy (non-hydrogen) atoms. The summed E-state index contributed by atoms with van der Waals surface area (Å²) in [5.74, 6) is -0.465. The lowest BCUT2D eigenvalue weighted by Gasteiger charge is -2.37. The largest absolute Gasteiger partial charge is 0.369 e. The normalized spacial score (nSPS) is 16.6. The summed E-state index contributed by atoms with van der Waals surface area (Å²) < 4.78 is 0. The molecule has 162 valence electrons. The Balaban J connectivity index is 1.22. The first-order valence-corrected chi connectivity index (χ1v) is 10.6. The first-order valence-electron chi connectivity index (χ1n) is 10.6. The average molecular weight is 430 g/mol. The van der Waals surface area contributed by atoms with Crippen molar-refractivity contribution in [3.05, 3.63) is 81.9 Å². The van der Waals surface area contributed by atoms with E-state index in [4.69, 9.17) is 0 Å². The summed E-state index contributed by atoms with van der Waals surface area (Å²) in [5, 5.41) is 12.5. The van der Waals surface area contributed by atoms with Gasteiger partial charge in [0, 0.05) is 73.6 Å². The van der Waals surface area contributed by atoms with E-state index in [2.05, 4.69) is 9.80 Å². The minimum Gasteiger partial charge on any atom is -0.369 e. The van der Waals surface area contributed by atoms with Crippen molar-refractivity contribution < 1.29 is 14.5 Å². The van der Waals surface area contributed by atoms with Crippen molar-refractivity contribution >= 4 is 34.0 Å². The third kappa shape index (κ3) is 3.48. The molecular formula is C24H22N4O4. The number of imide groups is 1. The van der Waals surface area contributed by atoms with Gasteiger partial charge >= 0.3 is 0 Å². The highest BCUT2D eigenvalue weighted by molar-refractivity contribution is 6.25. The van der Waals surface area contributed by atoms with Crippen molar-refractivity contribution in [2.45, 2.75) is 0 Å². The molecule has 1 fully saturated rings. The molecule has 1 saturated heterocycles. The van der Waals surface area contributed by atoms with Crippen molar-refractivity contribution in [3.8, 4) is 0 Å². The van der Waals surface area contributed by atoms with Gasteiger partial charge in [0.1, 0.15) is 0 Å². The molecule has 2 aliphatic rings. The van der Waals surface area contributed by atoms with Crippen LogP contribution >= 0.6 is 0 Å². The second-order valence-corrected chi connectivity index (χ2v) is 8.07. The summed E-state index contributed by atoms with van der Waals surface area (Å²) >= 11 is 0. The Morgan fingerprint density at radius 1 is 0.781 bits per heavy atom. The average Bonchev–Trinajstić information content (AvgIpc) is 2.83. The van der Waals surface area contributed by atoms with E-state index in [9.17, 15) is 19.7 Å². The van der Waals surface area contributed by atoms with Gasteiger partial charge in [-0.05, 0) is 29.7 Å². The van der Waals surface area contributed by atoms with Crippen LogP contribution in [-0.2, 0) is 0 Å². The molecular weight excluding hydrogens is 408 g/mol. The number of nitro benzene ring substituents is 1. The van der Waals surface area contributed by atoms with Crippen LogP contribution in [0.3, 0.4) is 0 Å². The summed E-state index contributed by atoms with van der Waals surface area (Å²) in [7, 11) is 0. The van der Waals surface area contributed by atoms with Crippen LogP contribution < -0.4 is 4.90 Å². The molecule has 8 nitrogen and oxygen atoms in total. The van der Waals surface area contributed by atoms with Gasteiger partial charge in [0.2, 0.25) is 0 Å². The molecule has 0 unspecified atom stereocenters. The Kier molecular flexibility index (Phi) is 5.07. The number of amides is 2. The second-order valence-electron chi connectivity index (χ2n) is 8.07. The molecule has 2 heterocycles. The number of hydrogen-bond donors (Lipinski definition) is 0. The molecule has 0 saturated carbocycles. The lowest BCUT2D eigenvalue weighted by Crippen LogP contribution is -2.50. The molecule has 0 bridgehead atoms. The number of non-ortho nitro benzene ring substituents is 1. The van der Waals surface area contributed by atoms with Gasteiger partial charge in [-0.3, -0.25) is 29.5 Å². The number of benzene rings is 3. The van der Waals surface area contributed by atoms with E-state index in [-0.39, 0.29) is 17.5 Å². The minimum atomic E-state index is -0.399. The van der Waals surface area contributed by atoms with Crippen molar-refractivity contribution in [3.63, 3.8) is 0 Å². The van der Waals surface area contributed by atoms with E-state index in [0.717, 1.165) is 42.6 Å². The van der Waals surface area contributed by atoms with Crippen LogP contribution in [0.2, 0.25) is 0 Å². The number of rotatable bonds is 5. The number of carbonyl (C=O) groups is 2. The molecule has 3 aromatic carbocycles. The molecule has 8 heteroatoms. The van der Waals surface area contributed by atoms with Gasteiger partial charge in [0.05, 0.1) is 4.92 Å². The molecule has 2 aliphatic heterocycles. The van der Waals surface area contributed by atoms with Gasteiger partial charge in [-0.25, -0.2) is 0 Å². The van der Waals surface area contributed by atoms with Crippen molar-refractivity contribution in [1.82, 2.24) is 9.80 Å². The van der Waals surface area contributed by atoms with E-state index in [0.29, 0.717) is 24.2 Å². The van der Waals surface area contributed by atoms with E-state index in [1.54, 1.807) is 24.3 Å². The molecule has 3 aromatic rings. The quantitative estimate of drug-likeness (QED) is 0.351. The van der Waals surface area contributed by atoms with Gasteiger partial charge in [0.15, 0.2) is 0 Å². The predicted octanol–water partition coefficient (Wildman–Crippen LogP) is 3.17. The highest BCUT2D eigenvalue weighted by atomic mass is 16.6. The van der Waals surface area contributed by atoms with Crippen molar-refractivity contribution in [2.75, 3.05) is 44.2 Å². The summed E-state index contributed by atoms with van der Waals surface area (Å²) in [6.45, 7) is 4.10. The van der Waals surface area contributed by atoms with Crippen LogP contribution in [0.1, 0.15) is 20.7 Å². The van der Waals surface area contributed by atoms with Gasteiger partial charge < -0.3 is 4.90 Å². The maximum atomic E-state index is 13.0. The Morgan fingerprint density at radius 2 is 1.38 bits per heavy atom. The number of carbonyl (C=O) groups excluding carboxylic acids is 2. The standard InChI is InChI=1S/C24H22N4O4/c29-23-20-5-1-3-17-4-2-6-21(22(17)20)24(30)27(23)16-13-25-11-14-26(15-12-25)18-7-9-19(10-8-18)28(31)32/h1-10H,11-16H2. The van der Waals surface area contributed by atoms with Crippen molar-refractivity contribution in [2.24, 2.45) is 0 Å². The summed E-state index contributed by atoms with van der Waals surface area (Å²) in [4.78, 5) is 42.3. The zero-order chi connectivity index (χ0) is 22.2. The maximum Gasteiger partial charge on any atom is 0.269 e. The third-order valence-electron chi connectivity index (χ3n) is 6.29. The molecule has 0 spiro atoms. The smallest absolute Gasteiger partial charge is 0.269 e. The van der Waals surface area contributed by atoms with Gasteiger partial charge in [0.25, 0.3) is 17.5 Å². The van der Waals surface area contributed by atoms with Crippen LogP contribution in [-0.4, -0.2) is 65.8 Å². The van der Waals surface area contributed by atoms with Crippen molar-refractivity contribution in [1.29, 1.82) is 0 Å². The number of nitro groups is 1. The third-order valence-corrected chi connectivity index (χ3v) is 6.29.